The molecule has 0 radical (unpaired) electrons. The van der Waals surface area contributed by atoms with Crippen LogP contribution in [0.25, 0.3) is 0 Å². The number of carbonyl (C=O) groups is 1. The summed E-state index contributed by atoms with van der Waals surface area (Å²) in [6.07, 6.45) is 0. The van der Waals surface area contributed by atoms with Crippen molar-refractivity contribution in [1.82, 2.24) is 15.2 Å². The molecule has 0 saturated carbocycles. The molecule has 1 aromatic rings. The Hall–Kier alpha value is -1.82. The number of hydrogen-bond acceptors (Lipinski definition) is 4. The number of H-pyrrole nitrogens is 1. The van der Waals surface area contributed by atoms with E-state index >= 15 is 0 Å². The van der Waals surface area contributed by atoms with Gasteiger partial charge in [0.25, 0.3) is 11.5 Å². The lowest BCUT2D eigenvalue weighted by atomic mass is 10.1. The average Bonchev–Trinajstić information content (AvgIpc) is 2.27. The molecule has 2 heterocycles. The molecule has 1 atom stereocenters. The first-order valence-corrected chi connectivity index (χ1v) is 5.53. The van der Waals surface area contributed by atoms with E-state index in [1.165, 1.54) is 12.1 Å². The van der Waals surface area contributed by atoms with Crippen molar-refractivity contribution in [1.29, 1.82) is 0 Å². The summed E-state index contributed by atoms with van der Waals surface area (Å²) in [7, 11) is 0. The third-order valence-corrected chi connectivity index (χ3v) is 2.84. The van der Waals surface area contributed by atoms with E-state index in [0.29, 0.717) is 6.54 Å². The number of hydrogen-bond donors (Lipinski definition) is 3. The van der Waals surface area contributed by atoms with Crippen LogP contribution in [0.5, 0.6) is 5.88 Å². The summed E-state index contributed by atoms with van der Waals surface area (Å²) in [5.74, 6) is -0.510. The molecule has 3 N–H and O–H groups in total. The standard InChI is InChI=1S/C11H15N3O3/c1-7-6-12-2-3-14(7)11(17)8-4-9(15)13-10(16)5-8/h4-5,7,12H,2-3,6H2,1H3,(H2,13,15,16). The summed E-state index contributed by atoms with van der Waals surface area (Å²) in [6, 6.07) is 2.56. The highest BCUT2D eigenvalue weighted by molar-refractivity contribution is 5.94. The van der Waals surface area contributed by atoms with Gasteiger partial charge in [0.15, 0.2) is 5.88 Å². The fourth-order valence-corrected chi connectivity index (χ4v) is 1.96. The van der Waals surface area contributed by atoms with Gasteiger partial charge in [-0.1, -0.05) is 0 Å². The van der Waals surface area contributed by atoms with E-state index in [4.69, 9.17) is 0 Å². The highest BCUT2D eigenvalue weighted by Gasteiger charge is 2.24. The Labute approximate surface area is 98.3 Å². The molecular weight excluding hydrogens is 222 g/mol. The zero-order valence-corrected chi connectivity index (χ0v) is 9.56. The number of amides is 1. The number of carbonyl (C=O) groups excluding carboxylic acids is 1. The van der Waals surface area contributed by atoms with Gasteiger partial charge in [-0.25, -0.2) is 0 Å². The second-order valence-corrected chi connectivity index (χ2v) is 4.17. The molecule has 2 rings (SSSR count). The summed E-state index contributed by atoms with van der Waals surface area (Å²) >= 11 is 0. The molecule has 92 valence electrons. The second kappa shape index (κ2) is 4.58. The van der Waals surface area contributed by atoms with Gasteiger partial charge in [0.2, 0.25) is 0 Å². The van der Waals surface area contributed by atoms with Crippen molar-refractivity contribution in [2.24, 2.45) is 0 Å². The van der Waals surface area contributed by atoms with Crippen LogP contribution in [-0.2, 0) is 0 Å². The first kappa shape index (κ1) is 11.7. The molecule has 1 fully saturated rings. The maximum absolute atomic E-state index is 12.1. The van der Waals surface area contributed by atoms with Crippen LogP contribution in [0.3, 0.4) is 0 Å². The van der Waals surface area contributed by atoms with Gasteiger partial charge in [-0.05, 0) is 6.92 Å². The first-order valence-electron chi connectivity index (χ1n) is 5.53. The van der Waals surface area contributed by atoms with Gasteiger partial charge >= 0.3 is 0 Å². The van der Waals surface area contributed by atoms with Crippen molar-refractivity contribution in [3.63, 3.8) is 0 Å². The third-order valence-electron chi connectivity index (χ3n) is 2.84. The lowest BCUT2D eigenvalue weighted by molar-refractivity contribution is 0.0655. The van der Waals surface area contributed by atoms with Crippen LogP contribution < -0.4 is 10.9 Å². The molecule has 1 amide bonds. The SMILES string of the molecule is CC1CNCCN1C(=O)c1cc(O)[nH]c(=O)c1. The van der Waals surface area contributed by atoms with Crippen LogP contribution in [-0.4, -0.2) is 46.6 Å². The number of piperazine rings is 1. The van der Waals surface area contributed by atoms with Gasteiger partial charge in [0.05, 0.1) is 5.56 Å². The highest BCUT2D eigenvalue weighted by atomic mass is 16.3. The molecule has 1 aromatic heterocycles. The lowest BCUT2D eigenvalue weighted by Gasteiger charge is -2.34. The summed E-state index contributed by atoms with van der Waals surface area (Å²) in [5, 5.41) is 12.5. The summed E-state index contributed by atoms with van der Waals surface area (Å²) < 4.78 is 0. The summed E-state index contributed by atoms with van der Waals surface area (Å²) in [6.45, 7) is 4.02. The molecule has 6 heteroatoms. The molecule has 17 heavy (non-hydrogen) atoms. The minimum absolute atomic E-state index is 0.0812. The average molecular weight is 237 g/mol. The van der Waals surface area contributed by atoms with E-state index in [1.54, 1.807) is 4.90 Å². The largest absolute Gasteiger partial charge is 0.494 e. The van der Waals surface area contributed by atoms with Crippen LogP contribution in [0.1, 0.15) is 17.3 Å². The summed E-state index contributed by atoms with van der Waals surface area (Å²) in [4.78, 5) is 27.2. The topological polar surface area (TPSA) is 85.4 Å². The molecular formula is C11H15N3O3. The van der Waals surface area contributed by atoms with Gasteiger partial charge in [0, 0.05) is 37.8 Å². The van der Waals surface area contributed by atoms with E-state index < -0.39 is 5.56 Å². The molecule has 0 aromatic carbocycles. The van der Waals surface area contributed by atoms with Gasteiger partial charge in [0.1, 0.15) is 0 Å². The number of rotatable bonds is 1. The third kappa shape index (κ3) is 2.47. The Morgan fingerprint density at radius 3 is 2.94 bits per heavy atom. The molecule has 6 nitrogen and oxygen atoms in total. The monoisotopic (exact) mass is 237 g/mol. The maximum Gasteiger partial charge on any atom is 0.254 e. The van der Waals surface area contributed by atoms with Gasteiger partial charge in [-0.3, -0.25) is 14.6 Å². The predicted octanol–water partition coefficient (Wildman–Crippen LogP) is -0.486. The Morgan fingerprint density at radius 1 is 1.53 bits per heavy atom. The molecule has 0 aliphatic carbocycles. The number of aromatic hydroxyl groups is 1. The second-order valence-electron chi connectivity index (χ2n) is 4.17. The number of nitrogens with one attached hydrogen (secondary N) is 2. The van der Waals surface area contributed by atoms with Crippen LogP contribution in [0, 0.1) is 0 Å². The van der Waals surface area contributed by atoms with Crippen molar-refractivity contribution in [2.45, 2.75) is 13.0 Å². The van der Waals surface area contributed by atoms with Crippen molar-refractivity contribution in [3.8, 4) is 5.88 Å². The van der Waals surface area contributed by atoms with Crippen molar-refractivity contribution < 1.29 is 9.90 Å². The van der Waals surface area contributed by atoms with Crippen LogP contribution >= 0.6 is 0 Å². The lowest BCUT2D eigenvalue weighted by Crippen LogP contribution is -2.52. The fraction of sp³-hybridized carbons (Fsp3) is 0.455. The minimum Gasteiger partial charge on any atom is -0.494 e. The smallest absolute Gasteiger partial charge is 0.254 e. The van der Waals surface area contributed by atoms with E-state index in [9.17, 15) is 14.7 Å². The molecule has 0 bridgehead atoms. The van der Waals surface area contributed by atoms with Gasteiger partial charge in [-0.15, -0.1) is 0 Å². The summed E-state index contributed by atoms with van der Waals surface area (Å²) in [5.41, 5.74) is -0.254. The van der Waals surface area contributed by atoms with E-state index in [-0.39, 0.29) is 23.4 Å². The Kier molecular flexibility index (Phi) is 3.14. The zero-order valence-electron chi connectivity index (χ0n) is 9.56. The Balaban J connectivity index is 2.26. The van der Waals surface area contributed by atoms with Crippen LogP contribution in [0.2, 0.25) is 0 Å². The molecule has 1 unspecified atom stereocenters. The van der Waals surface area contributed by atoms with Gasteiger partial charge < -0.3 is 15.3 Å². The molecule has 1 aliphatic heterocycles. The Morgan fingerprint density at radius 2 is 2.29 bits per heavy atom. The fourth-order valence-electron chi connectivity index (χ4n) is 1.96. The van der Waals surface area contributed by atoms with Crippen molar-refractivity contribution in [2.75, 3.05) is 19.6 Å². The molecule has 1 aliphatic rings. The maximum atomic E-state index is 12.1. The number of aromatic amines is 1. The quantitative estimate of drug-likeness (QED) is 0.615. The number of nitrogens with zero attached hydrogens (tertiary/aromatic N) is 1. The molecule has 0 spiro atoms. The number of pyridine rings is 1. The number of aromatic nitrogens is 1. The van der Waals surface area contributed by atoms with Gasteiger partial charge in [-0.2, -0.15) is 0 Å². The predicted molar refractivity (Wildman–Crippen MR) is 62.1 cm³/mol. The van der Waals surface area contributed by atoms with Crippen LogP contribution in [0.15, 0.2) is 16.9 Å². The molecule has 1 saturated heterocycles. The normalized spacial score (nSPS) is 20.3. The van der Waals surface area contributed by atoms with E-state index in [2.05, 4.69) is 10.3 Å². The Bertz CT molecular complexity index is 483. The first-order chi connectivity index (χ1) is 8.08. The van der Waals surface area contributed by atoms with Crippen molar-refractivity contribution in [3.05, 3.63) is 28.0 Å². The highest BCUT2D eigenvalue weighted by Crippen LogP contribution is 2.11. The van der Waals surface area contributed by atoms with E-state index in [1.807, 2.05) is 6.92 Å². The van der Waals surface area contributed by atoms with Crippen molar-refractivity contribution >= 4 is 5.91 Å². The van der Waals surface area contributed by atoms with Crippen LogP contribution in [0.4, 0.5) is 0 Å². The minimum atomic E-state index is -0.476. The van der Waals surface area contributed by atoms with E-state index in [0.717, 1.165) is 13.1 Å². The zero-order chi connectivity index (χ0) is 12.4.